The van der Waals surface area contributed by atoms with Gasteiger partial charge in [-0.2, -0.15) is 0 Å². The van der Waals surface area contributed by atoms with Gasteiger partial charge in [0.15, 0.2) is 0 Å². The summed E-state index contributed by atoms with van der Waals surface area (Å²) in [6, 6.07) is 91.8. The molecular weight excluding hydrogens is 1050 g/mol. The smallest absolute Gasteiger partial charge is 0.143 e. The maximum absolute atomic E-state index is 6.17. The Balaban J connectivity index is 0.0000000972. The number of para-hydroxylation sites is 3. The van der Waals surface area contributed by atoms with Gasteiger partial charge in [-0.3, -0.25) is 0 Å². The van der Waals surface area contributed by atoms with Crippen LogP contribution in [-0.4, -0.2) is 0 Å². The lowest BCUT2D eigenvalue weighted by Gasteiger charge is -2.01. The van der Waals surface area contributed by atoms with E-state index in [0.29, 0.717) is 0 Å². The van der Waals surface area contributed by atoms with E-state index in [9.17, 15) is 0 Å². The van der Waals surface area contributed by atoms with Gasteiger partial charge in [-0.15, -0.1) is 34.0 Å². The Kier molecular flexibility index (Phi) is 14.5. The van der Waals surface area contributed by atoms with Crippen LogP contribution in [-0.2, 0) is 0 Å². The number of thiophene rings is 3. The summed E-state index contributed by atoms with van der Waals surface area (Å²) < 4.78 is 20.6. The zero-order valence-electron chi connectivity index (χ0n) is 46.4. The molecule has 0 atom stereocenters. The second-order valence-corrected chi connectivity index (χ2v) is 24.2. The number of hydrogen-bond acceptors (Lipinski definition) is 5. The summed E-state index contributed by atoms with van der Waals surface area (Å²) >= 11 is 5.63. The lowest BCUT2D eigenvalue weighted by atomic mass is 10.0. The minimum absolute atomic E-state index is 0.954. The molecule has 0 saturated carbocycles. The Morgan fingerprint density at radius 2 is 0.695 bits per heavy atom. The molecule has 2 nitrogen and oxygen atoms in total. The monoisotopic (exact) mass is 1110 g/mol. The minimum atomic E-state index is 0.954. The molecule has 17 aromatic rings. The molecule has 0 unspecified atom stereocenters. The highest BCUT2D eigenvalue weighted by Crippen LogP contribution is 2.40. The molecule has 17 rings (SSSR count). The van der Waals surface area contributed by atoms with Crippen LogP contribution in [0, 0.1) is 34.6 Å². The SMILES string of the molecule is Cc1ccc2c(c1)sc1ccccc12.Cc1ccc2sc3ccccc3c2c1.Cc1cccc2c1oc1c(-c3ccccc3)cccc12.Cc1cccc2c1oc1cc(-c3ccccc3)ccc12.Cc1cccc2c1sc1ccccc12. The number of rotatable bonds is 2. The third-order valence-corrected chi connectivity index (χ3v) is 18.9. The van der Waals surface area contributed by atoms with Crippen LogP contribution in [0.4, 0.5) is 0 Å². The van der Waals surface area contributed by atoms with Gasteiger partial charge in [0.25, 0.3) is 0 Å². The van der Waals surface area contributed by atoms with E-state index < -0.39 is 0 Å². The molecule has 0 aliphatic rings. The fourth-order valence-electron chi connectivity index (χ4n) is 11.1. The van der Waals surface area contributed by atoms with E-state index in [1.807, 2.05) is 46.1 Å². The van der Waals surface area contributed by atoms with E-state index in [2.05, 4.69) is 283 Å². The fourth-order valence-corrected chi connectivity index (χ4v) is 14.6. The zero-order valence-corrected chi connectivity index (χ0v) is 48.8. The van der Waals surface area contributed by atoms with Crippen LogP contribution in [0.2, 0.25) is 0 Å². The Labute approximate surface area is 489 Å². The van der Waals surface area contributed by atoms with Crippen molar-refractivity contribution in [2.24, 2.45) is 0 Å². The van der Waals surface area contributed by atoms with Crippen LogP contribution in [0.5, 0.6) is 0 Å². The zero-order chi connectivity index (χ0) is 55.7. The van der Waals surface area contributed by atoms with Gasteiger partial charge in [-0.1, -0.05) is 218 Å². The highest BCUT2D eigenvalue weighted by molar-refractivity contribution is 7.26. The first-order chi connectivity index (χ1) is 40.2. The molecule has 396 valence electrons. The molecule has 0 aliphatic carbocycles. The third kappa shape index (κ3) is 10.4. The van der Waals surface area contributed by atoms with E-state index in [-0.39, 0.29) is 0 Å². The lowest BCUT2D eigenvalue weighted by molar-refractivity contribution is 0.666. The summed E-state index contributed by atoms with van der Waals surface area (Å²) in [6.45, 7) is 10.6. The van der Waals surface area contributed by atoms with Crippen LogP contribution in [0.1, 0.15) is 27.8 Å². The average molecular weight is 1110 g/mol. The number of benzene rings is 12. The first kappa shape index (κ1) is 52.3. The van der Waals surface area contributed by atoms with Crippen molar-refractivity contribution in [1.29, 1.82) is 0 Å². The Bertz CT molecular complexity index is 5090. The first-order valence-corrected chi connectivity index (χ1v) is 30.2. The Morgan fingerprint density at radius 3 is 1.38 bits per heavy atom. The van der Waals surface area contributed by atoms with Gasteiger partial charge in [-0.25, -0.2) is 0 Å². The molecular formula is C77H58O2S3. The molecule has 12 aromatic carbocycles. The first-order valence-electron chi connectivity index (χ1n) is 27.8. The molecule has 0 aliphatic heterocycles. The highest BCUT2D eigenvalue weighted by atomic mass is 32.1. The largest absolute Gasteiger partial charge is 0.456 e. The van der Waals surface area contributed by atoms with Gasteiger partial charge in [0.2, 0.25) is 0 Å². The van der Waals surface area contributed by atoms with Crippen LogP contribution in [0.25, 0.3) is 127 Å². The van der Waals surface area contributed by atoms with Crippen molar-refractivity contribution in [3.8, 4) is 22.3 Å². The van der Waals surface area contributed by atoms with E-state index in [4.69, 9.17) is 8.83 Å². The van der Waals surface area contributed by atoms with E-state index in [1.165, 1.54) is 127 Å². The van der Waals surface area contributed by atoms with Crippen LogP contribution in [0.15, 0.2) is 270 Å². The summed E-state index contributed by atoms with van der Waals surface area (Å²) in [5, 5.41) is 13.1. The number of fused-ring (bicyclic) bond motifs is 15. The van der Waals surface area contributed by atoms with E-state index in [0.717, 1.165) is 27.9 Å². The van der Waals surface area contributed by atoms with Crippen molar-refractivity contribution < 1.29 is 8.83 Å². The van der Waals surface area contributed by atoms with Crippen molar-refractivity contribution >= 4 is 138 Å². The third-order valence-electron chi connectivity index (χ3n) is 15.3. The quantitative estimate of drug-likeness (QED) is 0.172. The number of hydrogen-bond donors (Lipinski definition) is 0. The minimum Gasteiger partial charge on any atom is -0.456 e. The highest BCUT2D eigenvalue weighted by Gasteiger charge is 2.14. The molecule has 0 amide bonds. The average Bonchev–Trinajstić information content (AvgIpc) is 4.46. The van der Waals surface area contributed by atoms with Crippen molar-refractivity contribution in [2.45, 2.75) is 34.6 Å². The maximum Gasteiger partial charge on any atom is 0.143 e. The van der Waals surface area contributed by atoms with Gasteiger partial charge in [0.05, 0.1) is 0 Å². The summed E-state index contributed by atoms with van der Waals surface area (Å²) in [6.07, 6.45) is 0. The molecule has 5 heterocycles. The van der Waals surface area contributed by atoms with Crippen LogP contribution < -0.4 is 0 Å². The van der Waals surface area contributed by atoms with Crippen LogP contribution >= 0.6 is 34.0 Å². The summed E-state index contributed by atoms with van der Waals surface area (Å²) in [5.41, 5.74) is 15.1. The summed E-state index contributed by atoms with van der Waals surface area (Å²) in [4.78, 5) is 0. The topological polar surface area (TPSA) is 26.3 Å². The molecule has 82 heavy (non-hydrogen) atoms. The Morgan fingerprint density at radius 1 is 0.244 bits per heavy atom. The van der Waals surface area contributed by atoms with Crippen molar-refractivity contribution in [3.05, 3.63) is 289 Å². The molecule has 5 heteroatoms. The summed E-state index contributed by atoms with van der Waals surface area (Å²) in [7, 11) is 0. The standard InChI is InChI=1S/2C19H14O.3C13H10S/c1-13-7-5-11-16-17-12-6-10-15(19(17)20-18(13)16)14-8-3-2-4-9-14;1-13-6-5-9-17-16-11-10-15(12-18(16)20-19(13)17)14-7-3-2-4-8-14;1-9-5-4-7-11-10-6-2-3-8-12(10)14-13(9)11;1-9-6-7-13-11(8-9)10-4-2-3-5-12(10)14-13;1-9-6-7-11-10-4-2-3-5-12(10)14-13(11)8-9/h2*2-12H,1H3;3*2-8H,1H3. The van der Waals surface area contributed by atoms with Crippen molar-refractivity contribution in [1.82, 2.24) is 0 Å². The number of furan rings is 2. The second kappa shape index (κ2) is 22.8. The second-order valence-electron chi connectivity index (χ2n) is 21.0. The molecule has 0 N–H and O–H groups in total. The maximum atomic E-state index is 6.17. The van der Waals surface area contributed by atoms with Gasteiger partial charge in [0.1, 0.15) is 22.3 Å². The van der Waals surface area contributed by atoms with E-state index in [1.54, 1.807) is 0 Å². The molecule has 0 saturated heterocycles. The van der Waals surface area contributed by atoms with E-state index >= 15 is 0 Å². The predicted molar refractivity (Wildman–Crippen MR) is 360 cm³/mol. The molecule has 0 bridgehead atoms. The molecule has 5 aromatic heterocycles. The normalized spacial score (nSPS) is 11.2. The van der Waals surface area contributed by atoms with Crippen LogP contribution in [0.3, 0.4) is 0 Å². The van der Waals surface area contributed by atoms with Gasteiger partial charge in [0, 0.05) is 87.6 Å². The van der Waals surface area contributed by atoms with Crippen molar-refractivity contribution in [2.75, 3.05) is 0 Å². The molecule has 0 radical (unpaired) electrons. The number of aryl methyl sites for hydroxylation is 5. The Hall–Kier alpha value is -9.10. The predicted octanol–water partition coefficient (Wildman–Crippen LogP) is 24.2. The van der Waals surface area contributed by atoms with Gasteiger partial charge < -0.3 is 8.83 Å². The summed E-state index contributed by atoms with van der Waals surface area (Å²) in [5.74, 6) is 0. The van der Waals surface area contributed by atoms with Gasteiger partial charge in [-0.05, 0) is 122 Å². The fraction of sp³-hybridized carbons (Fsp3) is 0.0649. The lowest BCUT2D eigenvalue weighted by Crippen LogP contribution is -1.77. The van der Waals surface area contributed by atoms with Gasteiger partial charge >= 0.3 is 0 Å². The molecule has 0 fully saturated rings. The molecule has 0 spiro atoms. The van der Waals surface area contributed by atoms with Crippen molar-refractivity contribution in [3.63, 3.8) is 0 Å².